The van der Waals surface area contributed by atoms with Crippen LogP contribution in [0.25, 0.3) is 0 Å². The molecule has 0 saturated carbocycles. The van der Waals surface area contributed by atoms with Crippen LogP contribution in [0.3, 0.4) is 0 Å². The summed E-state index contributed by atoms with van der Waals surface area (Å²) < 4.78 is 38.8. The Morgan fingerprint density at radius 1 is 1.06 bits per heavy atom. The molecular weight excluding hydrogens is 452 g/mol. The van der Waals surface area contributed by atoms with Gasteiger partial charge < -0.3 is 8.83 Å². The fourth-order valence-electron chi connectivity index (χ4n) is 5.06. The molecular formula is C27H25F2N3O3. The third kappa shape index (κ3) is 4.93. The van der Waals surface area contributed by atoms with Crippen LogP contribution >= 0.6 is 0 Å². The van der Waals surface area contributed by atoms with Crippen molar-refractivity contribution in [1.29, 1.82) is 0 Å². The first kappa shape index (κ1) is 23.1. The molecule has 2 aromatic carbocycles. The number of rotatable bonds is 9. The van der Waals surface area contributed by atoms with Crippen LogP contribution in [0.1, 0.15) is 53.8 Å². The number of benzene rings is 2. The van der Waals surface area contributed by atoms with E-state index < -0.39 is 17.6 Å². The maximum absolute atomic E-state index is 14.4. The van der Waals surface area contributed by atoms with Crippen LogP contribution in [-0.2, 0) is 24.3 Å². The molecule has 2 heterocycles. The van der Waals surface area contributed by atoms with E-state index in [-0.39, 0.29) is 29.7 Å². The lowest BCUT2D eigenvalue weighted by Crippen LogP contribution is -2.32. The van der Waals surface area contributed by atoms with E-state index in [1.165, 1.54) is 30.2 Å². The molecule has 0 fully saturated rings. The number of halogens is 2. The highest BCUT2D eigenvalue weighted by atomic mass is 19.1. The Balaban J connectivity index is 1.44. The van der Waals surface area contributed by atoms with E-state index in [1.807, 2.05) is 12.1 Å². The van der Waals surface area contributed by atoms with Crippen molar-refractivity contribution in [3.05, 3.63) is 107 Å². The van der Waals surface area contributed by atoms with Gasteiger partial charge in [0.1, 0.15) is 29.9 Å². The first-order chi connectivity index (χ1) is 17.0. The van der Waals surface area contributed by atoms with Crippen molar-refractivity contribution in [2.45, 2.75) is 44.8 Å². The highest BCUT2D eigenvalue weighted by Crippen LogP contribution is 2.44. The Bertz CT molecular complexity index is 1250. The summed E-state index contributed by atoms with van der Waals surface area (Å²) >= 11 is 0. The van der Waals surface area contributed by atoms with Crippen LogP contribution in [0.2, 0.25) is 0 Å². The Morgan fingerprint density at radius 3 is 2.37 bits per heavy atom. The molecule has 1 aliphatic rings. The summed E-state index contributed by atoms with van der Waals surface area (Å²) in [6.45, 7) is 2.48. The first-order valence-corrected chi connectivity index (χ1v) is 11.6. The van der Waals surface area contributed by atoms with Gasteiger partial charge in [0.25, 0.3) is 0 Å². The summed E-state index contributed by atoms with van der Waals surface area (Å²) in [7, 11) is 0. The number of ketones is 1. The molecule has 5 rings (SSSR count). The zero-order chi connectivity index (χ0) is 24.4. The van der Waals surface area contributed by atoms with Crippen LogP contribution < -0.4 is 0 Å². The SMILES string of the molecule is C[C@H](C(=O)C[C@H]1Cc2ccccc2[C@@H]1N(Cc1ncco1)Cc1ncco1)c1ccc(F)cc1F. The molecule has 0 radical (unpaired) electrons. The third-order valence-corrected chi connectivity index (χ3v) is 6.71. The first-order valence-electron chi connectivity index (χ1n) is 11.6. The fourth-order valence-corrected chi connectivity index (χ4v) is 5.06. The Hall–Kier alpha value is -3.65. The van der Waals surface area contributed by atoms with Gasteiger partial charge in [-0.3, -0.25) is 9.69 Å². The Kier molecular flexibility index (Phi) is 6.55. The lowest BCUT2D eigenvalue weighted by atomic mass is 9.86. The molecule has 180 valence electrons. The number of oxazole rings is 2. The zero-order valence-corrected chi connectivity index (χ0v) is 19.2. The van der Waals surface area contributed by atoms with Crippen LogP contribution in [0.15, 0.2) is 76.2 Å². The number of carbonyl (C=O) groups is 1. The van der Waals surface area contributed by atoms with Gasteiger partial charge in [0, 0.05) is 24.4 Å². The Morgan fingerprint density at radius 2 is 1.74 bits per heavy atom. The molecule has 35 heavy (non-hydrogen) atoms. The molecule has 4 aromatic rings. The van der Waals surface area contributed by atoms with E-state index in [0.717, 1.165) is 11.6 Å². The van der Waals surface area contributed by atoms with Gasteiger partial charge in [-0.2, -0.15) is 0 Å². The minimum Gasteiger partial charge on any atom is -0.448 e. The number of hydrogen-bond acceptors (Lipinski definition) is 6. The number of carbonyl (C=O) groups excluding carboxylic acids is 1. The quantitative estimate of drug-likeness (QED) is 0.312. The third-order valence-electron chi connectivity index (χ3n) is 6.71. The molecule has 1 aliphatic carbocycles. The second kappa shape index (κ2) is 9.92. The normalized spacial score (nSPS) is 18.1. The van der Waals surface area contributed by atoms with E-state index in [9.17, 15) is 13.6 Å². The number of aromatic nitrogens is 2. The maximum Gasteiger partial charge on any atom is 0.208 e. The maximum atomic E-state index is 14.4. The van der Waals surface area contributed by atoms with Crippen molar-refractivity contribution in [1.82, 2.24) is 14.9 Å². The fraction of sp³-hybridized carbons (Fsp3) is 0.296. The highest BCUT2D eigenvalue weighted by Gasteiger charge is 2.39. The van der Waals surface area contributed by atoms with Crippen molar-refractivity contribution in [2.24, 2.45) is 5.92 Å². The lowest BCUT2D eigenvalue weighted by Gasteiger charge is -2.32. The van der Waals surface area contributed by atoms with Crippen LogP contribution in [-0.4, -0.2) is 20.7 Å². The average molecular weight is 478 g/mol. The molecule has 0 unspecified atom stereocenters. The lowest BCUT2D eigenvalue weighted by molar-refractivity contribution is -0.121. The van der Waals surface area contributed by atoms with Gasteiger partial charge in [0.2, 0.25) is 11.8 Å². The number of nitrogens with zero attached hydrogens (tertiary/aromatic N) is 3. The molecule has 8 heteroatoms. The van der Waals surface area contributed by atoms with Crippen molar-refractivity contribution >= 4 is 5.78 Å². The van der Waals surface area contributed by atoms with Gasteiger partial charge in [-0.15, -0.1) is 0 Å². The number of hydrogen-bond donors (Lipinski definition) is 0. The van der Waals surface area contributed by atoms with Gasteiger partial charge in [-0.05, 0) is 35.1 Å². The summed E-state index contributed by atoms with van der Waals surface area (Å²) in [6, 6.07) is 11.4. The zero-order valence-electron chi connectivity index (χ0n) is 19.2. The van der Waals surface area contributed by atoms with E-state index in [1.54, 1.807) is 19.3 Å². The van der Waals surface area contributed by atoms with E-state index >= 15 is 0 Å². The standard InChI is InChI=1S/C27H25F2N3O3/c1-17(21-7-6-20(28)14-23(21)29)24(33)13-19-12-18-4-2-3-5-22(18)27(19)32(15-25-30-8-10-34-25)16-26-31-9-11-35-26/h2-11,14,17,19,27H,12-13,15-16H2,1H3/t17-,19+,27+/m0/s1. The smallest absolute Gasteiger partial charge is 0.208 e. The van der Waals surface area contributed by atoms with Gasteiger partial charge >= 0.3 is 0 Å². The van der Waals surface area contributed by atoms with E-state index in [0.29, 0.717) is 31.3 Å². The second-order valence-electron chi connectivity index (χ2n) is 8.92. The molecule has 0 bridgehead atoms. The molecule has 2 aromatic heterocycles. The second-order valence-corrected chi connectivity index (χ2v) is 8.92. The highest BCUT2D eigenvalue weighted by molar-refractivity contribution is 5.85. The summed E-state index contributed by atoms with van der Waals surface area (Å²) in [5, 5.41) is 0. The minimum absolute atomic E-state index is 0.0595. The van der Waals surface area contributed by atoms with Crippen molar-refractivity contribution in [3.63, 3.8) is 0 Å². The Labute approximate surface area is 201 Å². The van der Waals surface area contributed by atoms with Crippen molar-refractivity contribution < 1.29 is 22.4 Å². The van der Waals surface area contributed by atoms with Gasteiger partial charge in [-0.1, -0.05) is 37.3 Å². The average Bonchev–Trinajstić information content (AvgIpc) is 3.59. The van der Waals surface area contributed by atoms with Crippen LogP contribution in [0, 0.1) is 17.6 Å². The summed E-state index contributed by atoms with van der Waals surface area (Å²) in [4.78, 5) is 24.1. The van der Waals surface area contributed by atoms with E-state index in [2.05, 4.69) is 27.0 Å². The summed E-state index contributed by atoms with van der Waals surface area (Å²) in [5.74, 6) is -1.11. The predicted molar refractivity (Wildman–Crippen MR) is 123 cm³/mol. The summed E-state index contributed by atoms with van der Waals surface area (Å²) in [6.07, 6.45) is 7.20. The molecule has 0 amide bonds. The minimum atomic E-state index is -0.702. The number of Topliss-reactive ketones (excluding diaryl/α,β-unsaturated/α-hetero) is 1. The van der Waals surface area contributed by atoms with Crippen LogP contribution in [0.5, 0.6) is 0 Å². The predicted octanol–water partition coefficient (Wildman–Crippen LogP) is 5.62. The van der Waals surface area contributed by atoms with Gasteiger partial charge in [-0.25, -0.2) is 18.7 Å². The van der Waals surface area contributed by atoms with Gasteiger partial charge in [0.15, 0.2) is 0 Å². The number of fused-ring (bicyclic) bond motifs is 1. The van der Waals surface area contributed by atoms with Crippen molar-refractivity contribution in [3.8, 4) is 0 Å². The molecule has 0 spiro atoms. The molecule has 0 aliphatic heterocycles. The monoisotopic (exact) mass is 477 g/mol. The molecule has 3 atom stereocenters. The van der Waals surface area contributed by atoms with Gasteiger partial charge in [0.05, 0.1) is 25.5 Å². The van der Waals surface area contributed by atoms with Crippen LogP contribution in [0.4, 0.5) is 8.78 Å². The molecule has 0 N–H and O–H groups in total. The summed E-state index contributed by atoms with van der Waals surface area (Å²) in [5.41, 5.74) is 2.50. The van der Waals surface area contributed by atoms with E-state index in [4.69, 9.17) is 8.83 Å². The largest absolute Gasteiger partial charge is 0.448 e. The molecule has 6 nitrogen and oxygen atoms in total. The topological polar surface area (TPSA) is 72.4 Å². The molecule has 0 saturated heterocycles. The van der Waals surface area contributed by atoms with Crippen molar-refractivity contribution in [2.75, 3.05) is 0 Å².